The van der Waals surface area contributed by atoms with E-state index in [1.54, 1.807) is 18.4 Å². The highest BCUT2D eigenvalue weighted by Crippen LogP contribution is 2.14. The third-order valence-electron chi connectivity index (χ3n) is 3.59. The van der Waals surface area contributed by atoms with Crippen LogP contribution in [-0.4, -0.2) is 27.5 Å². The van der Waals surface area contributed by atoms with Crippen LogP contribution in [0.25, 0.3) is 11.0 Å². The molecule has 0 radical (unpaired) electrons. The highest BCUT2D eigenvalue weighted by molar-refractivity contribution is 14.0. The lowest BCUT2D eigenvalue weighted by atomic mass is 10.3. The molecule has 0 fully saturated rings. The Morgan fingerprint density at radius 2 is 2.00 bits per heavy atom. The summed E-state index contributed by atoms with van der Waals surface area (Å²) >= 11 is 1.69. The summed E-state index contributed by atoms with van der Waals surface area (Å²) in [4.78, 5) is 14.4. The van der Waals surface area contributed by atoms with Crippen molar-refractivity contribution in [1.82, 2.24) is 25.2 Å². The first-order valence-corrected chi connectivity index (χ1v) is 8.25. The Bertz CT molecular complexity index is 838. The van der Waals surface area contributed by atoms with Gasteiger partial charge in [-0.3, -0.25) is 4.99 Å². The van der Waals surface area contributed by atoms with Gasteiger partial charge in [-0.05, 0) is 19.1 Å². The second-order valence-corrected chi connectivity index (χ2v) is 6.54. The molecule has 0 saturated heterocycles. The van der Waals surface area contributed by atoms with Gasteiger partial charge in [0, 0.05) is 25.2 Å². The number of nitrogens with one attached hydrogen (secondary N) is 2. The van der Waals surface area contributed by atoms with Crippen LogP contribution in [0.1, 0.15) is 15.7 Å². The maximum absolute atomic E-state index is 4.65. The number of thiazole rings is 1. The van der Waals surface area contributed by atoms with E-state index in [-0.39, 0.29) is 24.0 Å². The van der Waals surface area contributed by atoms with Crippen molar-refractivity contribution in [1.29, 1.82) is 0 Å². The van der Waals surface area contributed by atoms with Crippen molar-refractivity contribution >= 4 is 52.3 Å². The first kappa shape index (κ1) is 18.7. The van der Waals surface area contributed by atoms with Gasteiger partial charge in [-0.25, -0.2) is 9.97 Å². The van der Waals surface area contributed by atoms with Gasteiger partial charge in [0.1, 0.15) is 10.8 Å². The number of rotatable bonds is 4. The van der Waals surface area contributed by atoms with E-state index in [4.69, 9.17) is 0 Å². The number of hydrogen-bond donors (Lipinski definition) is 2. The standard InChI is InChI=1S/C16H20N6S.HI/c1-11-8-18-15(23-11)10-20-16(17-2)19-9-14-21-12-6-4-5-7-13(12)22(14)3;/h4-8H,9-10H2,1-3H3,(H2,17,19,20);1H. The molecule has 2 heterocycles. The summed E-state index contributed by atoms with van der Waals surface area (Å²) < 4.78 is 2.10. The molecule has 2 N–H and O–H groups in total. The van der Waals surface area contributed by atoms with Crippen LogP contribution < -0.4 is 10.6 Å². The molecule has 0 aliphatic rings. The fourth-order valence-corrected chi connectivity index (χ4v) is 3.11. The summed E-state index contributed by atoms with van der Waals surface area (Å²) in [6.45, 7) is 3.34. The van der Waals surface area contributed by atoms with Crippen molar-refractivity contribution in [3.63, 3.8) is 0 Å². The number of guanidine groups is 1. The molecule has 8 heteroatoms. The van der Waals surface area contributed by atoms with E-state index in [9.17, 15) is 0 Å². The van der Waals surface area contributed by atoms with Gasteiger partial charge in [-0.1, -0.05) is 12.1 Å². The molecule has 0 spiro atoms. The molecule has 6 nitrogen and oxygen atoms in total. The van der Waals surface area contributed by atoms with Crippen molar-refractivity contribution in [2.45, 2.75) is 20.0 Å². The molecule has 3 rings (SSSR count). The van der Waals surface area contributed by atoms with E-state index >= 15 is 0 Å². The predicted octanol–water partition coefficient (Wildman–Crippen LogP) is 2.82. The number of halogens is 1. The fraction of sp³-hybridized carbons (Fsp3) is 0.312. The molecular weight excluding hydrogens is 435 g/mol. The molecule has 0 aliphatic heterocycles. The normalized spacial score (nSPS) is 11.4. The number of hydrogen-bond acceptors (Lipinski definition) is 4. The smallest absolute Gasteiger partial charge is 0.191 e. The Morgan fingerprint density at radius 1 is 1.25 bits per heavy atom. The zero-order valence-corrected chi connectivity index (χ0v) is 17.1. The molecule has 1 aromatic carbocycles. The van der Waals surface area contributed by atoms with E-state index in [0.29, 0.717) is 13.1 Å². The number of aliphatic imine (C=N–C) groups is 1. The van der Waals surface area contributed by atoms with Crippen molar-refractivity contribution < 1.29 is 0 Å². The molecule has 0 bridgehead atoms. The largest absolute Gasteiger partial charge is 0.350 e. The highest BCUT2D eigenvalue weighted by Gasteiger charge is 2.08. The van der Waals surface area contributed by atoms with E-state index in [1.165, 1.54) is 4.88 Å². The minimum Gasteiger partial charge on any atom is -0.350 e. The average molecular weight is 456 g/mol. The van der Waals surface area contributed by atoms with Gasteiger partial charge >= 0.3 is 0 Å². The molecule has 3 aromatic rings. The zero-order valence-electron chi connectivity index (χ0n) is 13.9. The molecule has 128 valence electrons. The summed E-state index contributed by atoms with van der Waals surface area (Å²) in [5, 5.41) is 7.62. The second kappa shape index (κ2) is 8.43. The van der Waals surface area contributed by atoms with Crippen LogP contribution in [0.4, 0.5) is 0 Å². The quantitative estimate of drug-likeness (QED) is 0.360. The third-order valence-corrected chi connectivity index (χ3v) is 4.51. The molecule has 24 heavy (non-hydrogen) atoms. The molecule has 0 unspecified atom stereocenters. The number of imidazole rings is 1. The van der Waals surface area contributed by atoms with Crippen LogP contribution in [-0.2, 0) is 20.1 Å². The van der Waals surface area contributed by atoms with Crippen LogP contribution in [0.2, 0.25) is 0 Å². The molecule has 0 aliphatic carbocycles. The Kier molecular flexibility index (Phi) is 6.55. The Hall–Kier alpha value is -1.68. The summed E-state index contributed by atoms with van der Waals surface area (Å²) in [6.07, 6.45) is 1.89. The number of fused-ring (bicyclic) bond motifs is 1. The molecule has 0 atom stereocenters. The van der Waals surface area contributed by atoms with Gasteiger partial charge in [0.25, 0.3) is 0 Å². The van der Waals surface area contributed by atoms with E-state index in [0.717, 1.165) is 27.8 Å². The third kappa shape index (κ3) is 4.23. The van der Waals surface area contributed by atoms with Crippen molar-refractivity contribution in [3.8, 4) is 0 Å². The van der Waals surface area contributed by atoms with Crippen LogP contribution in [0.3, 0.4) is 0 Å². The summed E-state index contributed by atoms with van der Waals surface area (Å²) in [5.41, 5.74) is 2.14. The predicted molar refractivity (Wildman–Crippen MR) is 110 cm³/mol. The van der Waals surface area contributed by atoms with Crippen molar-refractivity contribution in [2.75, 3.05) is 7.05 Å². The van der Waals surface area contributed by atoms with Crippen LogP contribution in [0.15, 0.2) is 35.5 Å². The molecule has 0 amide bonds. The van der Waals surface area contributed by atoms with Gasteiger partial charge in [-0.15, -0.1) is 35.3 Å². The Balaban J connectivity index is 0.00000208. The van der Waals surface area contributed by atoms with Crippen LogP contribution in [0, 0.1) is 6.92 Å². The number of aromatic nitrogens is 3. The van der Waals surface area contributed by atoms with Crippen LogP contribution in [0.5, 0.6) is 0 Å². The fourth-order valence-electron chi connectivity index (χ4n) is 2.38. The monoisotopic (exact) mass is 456 g/mol. The first-order valence-electron chi connectivity index (χ1n) is 7.43. The second-order valence-electron chi connectivity index (χ2n) is 5.22. The van der Waals surface area contributed by atoms with Gasteiger partial charge < -0.3 is 15.2 Å². The van der Waals surface area contributed by atoms with Gasteiger partial charge in [0.05, 0.1) is 24.1 Å². The molecule has 2 aromatic heterocycles. The number of para-hydroxylation sites is 2. The Morgan fingerprint density at radius 3 is 2.67 bits per heavy atom. The lowest BCUT2D eigenvalue weighted by Crippen LogP contribution is -2.36. The maximum Gasteiger partial charge on any atom is 0.191 e. The number of nitrogens with zero attached hydrogens (tertiary/aromatic N) is 4. The highest BCUT2D eigenvalue weighted by atomic mass is 127. The lowest BCUT2D eigenvalue weighted by Gasteiger charge is -2.10. The van der Waals surface area contributed by atoms with E-state index in [2.05, 4.69) is 43.2 Å². The maximum atomic E-state index is 4.65. The summed E-state index contributed by atoms with van der Waals surface area (Å²) in [6, 6.07) is 8.13. The summed E-state index contributed by atoms with van der Waals surface area (Å²) in [7, 11) is 3.79. The lowest BCUT2D eigenvalue weighted by molar-refractivity contribution is 0.735. The van der Waals surface area contributed by atoms with Gasteiger partial charge in [0.15, 0.2) is 5.96 Å². The van der Waals surface area contributed by atoms with E-state index in [1.807, 2.05) is 31.4 Å². The first-order chi connectivity index (χ1) is 11.2. The average Bonchev–Trinajstić information content (AvgIpc) is 3.12. The Labute approximate surface area is 162 Å². The van der Waals surface area contributed by atoms with E-state index < -0.39 is 0 Å². The van der Waals surface area contributed by atoms with Crippen molar-refractivity contribution in [3.05, 3.63) is 46.2 Å². The number of benzene rings is 1. The van der Waals surface area contributed by atoms with Gasteiger partial charge in [-0.2, -0.15) is 0 Å². The zero-order chi connectivity index (χ0) is 16.2. The van der Waals surface area contributed by atoms with Gasteiger partial charge in [0.2, 0.25) is 0 Å². The number of aryl methyl sites for hydroxylation is 2. The summed E-state index contributed by atoms with van der Waals surface area (Å²) in [5.74, 6) is 1.71. The SMILES string of the molecule is CN=C(NCc1ncc(C)s1)NCc1nc2ccccc2n1C.I. The molecule has 0 saturated carbocycles. The minimum atomic E-state index is 0. The van der Waals surface area contributed by atoms with Crippen molar-refractivity contribution in [2.24, 2.45) is 12.0 Å². The molecular formula is C16H21IN6S. The minimum absolute atomic E-state index is 0. The van der Waals surface area contributed by atoms with Crippen LogP contribution >= 0.6 is 35.3 Å². The topological polar surface area (TPSA) is 67.1 Å².